The lowest BCUT2D eigenvalue weighted by atomic mass is 10.0. The van der Waals surface area contributed by atoms with Crippen LogP contribution in [0.25, 0.3) is 0 Å². The van der Waals surface area contributed by atoms with Crippen LogP contribution in [0.3, 0.4) is 0 Å². The minimum atomic E-state index is 0.742. The van der Waals surface area contributed by atoms with Gasteiger partial charge in [0.05, 0.1) is 0 Å². The normalized spacial score (nSPS) is 13.8. The molecule has 92 valence electrons. The molecule has 1 unspecified atom stereocenters. The van der Waals surface area contributed by atoms with Crippen LogP contribution in [0.4, 0.5) is 0 Å². The number of unbranched alkanes of at least 4 members (excludes halogenated alkanes) is 3. The van der Waals surface area contributed by atoms with E-state index in [2.05, 4.69) is 39.5 Å². The van der Waals surface area contributed by atoms with Crippen molar-refractivity contribution in [2.45, 2.75) is 72.8 Å². The Morgan fingerprint density at radius 1 is 0.800 bits per heavy atom. The third-order valence-corrected chi connectivity index (χ3v) is 3.35. The first-order valence-corrected chi connectivity index (χ1v) is 6.87. The zero-order valence-corrected chi connectivity index (χ0v) is 11.6. The molecule has 1 nitrogen and oxygen atoms in total. The molecule has 0 heterocycles. The van der Waals surface area contributed by atoms with Gasteiger partial charge in [-0.3, -0.25) is 0 Å². The van der Waals surface area contributed by atoms with Crippen LogP contribution >= 0.6 is 0 Å². The Bertz CT molecular complexity index is 131. The van der Waals surface area contributed by atoms with Gasteiger partial charge in [0, 0.05) is 6.04 Å². The third-order valence-electron chi connectivity index (χ3n) is 3.35. The Labute approximate surface area is 97.2 Å². The minimum Gasteiger partial charge on any atom is -0.300 e. The van der Waals surface area contributed by atoms with Gasteiger partial charge >= 0.3 is 0 Å². The summed E-state index contributed by atoms with van der Waals surface area (Å²) in [6.07, 6.45) is 6.81. The molecule has 0 aromatic carbocycles. The van der Waals surface area contributed by atoms with Gasteiger partial charge in [0.1, 0.15) is 0 Å². The Kier molecular flexibility index (Phi) is 9.18. The summed E-state index contributed by atoms with van der Waals surface area (Å²) >= 11 is 0. The highest BCUT2D eigenvalue weighted by Gasteiger charge is 2.15. The Morgan fingerprint density at radius 3 is 1.93 bits per heavy atom. The molecule has 0 aromatic rings. The predicted octanol–water partition coefficient (Wildman–Crippen LogP) is 4.32. The van der Waals surface area contributed by atoms with Gasteiger partial charge in [-0.05, 0) is 38.8 Å². The average Bonchev–Trinajstić information content (AvgIpc) is 2.21. The fourth-order valence-corrected chi connectivity index (χ4v) is 1.97. The van der Waals surface area contributed by atoms with E-state index in [9.17, 15) is 0 Å². The second kappa shape index (κ2) is 9.21. The van der Waals surface area contributed by atoms with Gasteiger partial charge in [-0.2, -0.15) is 0 Å². The first-order chi connectivity index (χ1) is 7.13. The molecule has 0 N–H and O–H groups in total. The van der Waals surface area contributed by atoms with Crippen molar-refractivity contribution in [2.75, 3.05) is 13.1 Å². The van der Waals surface area contributed by atoms with Crippen molar-refractivity contribution >= 4 is 0 Å². The molecule has 0 amide bonds. The average molecular weight is 213 g/mol. The van der Waals surface area contributed by atoms with Crippen molar-refractivity contribution in [3.05, 3.63) is 0 Å². The lowest BCUT2D eigenvalue weighted by Crippen LogP contribution is -2.38. The van der Waals surface area contributed by atoms with Crippen molar-refractivity contribution in [1.29, 1.82) is 0 Å². The topological polar surface area (TPSA) is 3.24 Å². The molecular formula is C14H31N. The van der Waals surface area contributed by atoms with Crippen molar-refractivity contribution in [3.63, 3.8) is 0 Å². The molecule has 0 spiro atoms. The summed E-state index contributed by atoms with van der Waals surface area (Å²) in [7, 11) is 0. The molecule has 1 atom stereocenters. The van der Waals surface area contributed by atoms with Gasteiger partial charge in [-0.15, -0.1) is 0 Å². The summed E-state index contributed by atoms with van der Waals surface area (Å²) in [5.41, 5.74) is 0. The van der Waals surface area contributed by atoms with E-state index in [-0.39, 0.29) is 0 Å². The molecule has 0 radical (unpaired) electrons. The second-order valence-corrected chi connectivity index (χ2v) is 5.08. The van der Waals surface area contributed by atoms with Crippen LogP contribution in [0.1, 0.15) is 66.7 Å². The maximum atomic E-state index is 2.67. The Morgan fingerprint density at radius 2 is 1.47 bits per heavy atom. The maximum absolute atomic E-state index is 2.67. The van der Waals surface area contributed by atoms with Gasteiger partial charge in [-0.1, -0.05) is 47.0 Å². The van der Waals surface area contributed by atoms with Crippen molar-refractivity contribution in [2.24, 2.45) is 5.92 Å². The summed E-state index contributed by atoms with van der Waals surface area (Å²) in [6, 6.07) is 0.742. The first kappa shape index (κ1) is 15.0. The van der Waals surface area contributed by atoms with Gasteiger partial charge in [0.2, 0.25) is 0 Å². The van der Waals surface area contributed by atoms with Gasteiger partial charge in [0.25, 0.3) is 0 Å². The van der Waals surface area contributed by atoms with Gasteiger partial charge in [0.15, 0.2) is 0 Å². The van der Waals surface area contributed by atoms with E-state index in [1.165, 1.54) is 45.2 Å². The molecule has 0 saturated carbocycles. The highest BCUT2D eigenvalue weighted by Crippen LogP contribution is 2.12. The van der Waals surface area contributed by atoms with Crippen LogP contribution in [0.2, 0.25) is 0 Å². The number of nitrogens with zero attached hydrogens (tertiary/aromatic N) is 1. The van der Waals surface area contributed by atoms with E-state index in [1.807, 2.05) is 0 Å². The van der Waals surface area contributed by atoms with Crippen LogP contribution in [0, 0.1) is 5.92 Å². The second-order valence-electron chi connectivity index (χ2n) is 5.08. The standard InChI is InChI=1S/C14H31N/c1-6-8-9-10-12-15(11-7-2)14(5)13(3)4/h13-14H,6-12H2,1-5H3. The molecule has 15 heavy (non-hydrogen) atoms. The van der Waals surface area contributed by atoms with E-state index >= 15 is 0 Å². The summed E-state index contributed by atoms with van der Waals surface area (Å²) < 4.78 is 0. The van der Waals surface area contributed by atoms with E-state index in [1.54, 1.807) is 0 Å². The zero-order valence-electron chi connectivity index (χ0n) is 11.6. The van der Waals surface area contributed by atoms with Gasteiger partial charge < -0.3 is 4.90 Å². The largest absolute Gasteiger partial charge is 0.300 e. The molecule has 0 aliphatic rings. The van der Waals surface area contributed by atoms with Crippen LogP contribution < -0.4 is 0 Å². The monoisotopic (exact) mass is 213 g/mol. The van der Waals surface area contributed by atoms with Crippen molar-refractivity contribution < 1.29 is 0 Å². The summed E-state index contributed by atoms with van der Waals surface area (Å²) in [5, 5.41) is 0. The number of hydrogen-bond donors (Lipinski definition) is 0. The minimum absolute atomic E-state index is 0.742. The van der Waals surface area contributed by atoms with Crippen LogP contribution in [0.5, 0.6) is 0 Å². The summed E-state index contributed by atoms with van der Waals surface area (Å²) in [6.45, 7) is 14.2. The van der Waals surface area contributed by atoms with Crippen LogP contribution in [0.15, 0.2) is 0 Å². The van der Waals surface area contributed by atoms with Crippen molar-refractivity contribution in [3.8, 4) is 0 Å². The highest BCUT2D eigenvalue weighted by atomic mass is 15.1. The Balaban J connectivity index is 3.82. The molecule has 1 heteroatoms. The van der Waals surface area contributed by atoms with Crippen LogP contribution in [-0.2, 0) is 0 Å². The first-order valence-electron chi connectivity index (χ1n) is 6.87. The predicted molar refractivity (Wildman–Crippen MR) is 70.3 cm³/mol. The van der Waals surface area contributed by atoms with Gasteiger partial charge in [-0.25, -0.2) is 0 Å². The quantitative estimate of drug-likeness (QED) is 0.515. The zero-order chi connectivity index (χ0) is 11.7. The van der Waals surface area contributed by atoms with E-state index in [0.717, 1.165) is 12.0 Å². The fraction of sp³-hybridized carbons (Fsp3) is 1.00. The SMILES string of the molecule is CCCCCCN(CCC)C(C)C(C)C. The van der Waals surface area contributed by atoms with Crippen molar-refractivity contribution in [1.82, 2.24) is 4.90 Å². The summed E-state index contributed by atoms with van der Waals surface area (Å²) in [4.78, 5) is 2.67. The number of rotatable bonds is 9. The molecular weight excluding hydrogens is 182 g/mol. The third kappa shape index (κ3) is 6.94. The lowest BCUT2D eigenvalue weighted by molar-refractivity contribution is 0.165. The molecule has 0 fully saturated rings. The molecule has 0 bridgehead atoms. The maximum Gasteiger partial charge on any atom is 0.00899 e. The number of hydrogen-bond acceptors (Lipinski definition) is 1. The molecule has 0 saturated heterocycles. The van der Waals surface area contributed by atoms with E-state index < -0.39 is 0 Å². The summed E-state index contributed by atoms with van der Waals surface area (Å²) in [5.74, 6) is 0.780. The highest BCUT2D eigenvalue weighted by molar-refractivity contribution is 4.69. The molecule has 0 aliphatic carbocycles. The fourth-order valence-electron chi connectivity index (χ4n) is 1.97. The molecule has 0 aliphatic heterocycles. The molecule has 0 rings (SSSR count). The van der Waals surface area contributed by atoms with E-state index in [4.69, 9.17) is 0 Å². The van der Waals surface area contributed by atoms with Crippen LogP contribution in [-0.4, -0.2) is 24.0 Å². The van der Waals surface area contributed by atoms with E-state index in [0.29, 0.717) is 0 Å². The Hall–Kier alpha value is -0.0400. The molecule has 0 aromatic heterocycles. The lowest BCUT2D eigenvalue weighted by Gasteiger charge is -2.31. The smallest absolute Gasteiger partial charge is 0.00899 e.